The first-order chi connectivity index (χ1) is 11.8. The minimum atomic E-state index is -0.874. The van der Waals surface area contributed by atoms with Crippen molar-refractivity contribution < 1.29 is 18.8 Å². The highest BCUT2D eigenvalue weighted by Crippen LogP contribution is 2.30. The topological polar surface area (TPSA) is 79.6 Å². The third-order valence-corrected chi connectivity index (χ3v) is 6.08. The lowest BCUT2D eigenvalue weighted by Crippen LogP contribution is -2.54. The molecule has 1 fully saturated rings. The highest BCUT2D eigenvalue weighted by atomic mass is 127. The van der Waals surface area contributed by atoms with Crippen LogP contribution in [0.3, 0.4) is 0 Å². The molecule has 1 saturated heterocycles. The van der Waals surface area contributed by atoms with Crippen molar-refractivity contribution >= 4 is 91.3 Å². The van der Waals surface area contributed by atoms with E-state index in [1.165, 1.54) is 24.3 Å². The minimum Gasteiger partial charge on any atom is -0.450 e. The fourth-order valence-electron chi connectivity index (χ4n) is 2.09. The first-order valence-corrected chi connectivity index (χ1v) is 9.22. The molecule has 1 aliphatic heterocycles. The fraction of sp³-hybridized carbons (Fsp3) is 0. The standard InChI is InChI=1S/C15H6BrCl2IN2O4/c16-9-5-7(25-12(9)19)4-8-13(22)20-15(24)21(14(8)23)6-1-2-10(17)11(18)3-6/h1-5H,(H,20,22,24)/b8-4+. The van der Waals surface area contributed by atoms with Gasteiger partial charge in [-0.05, 0) is 46.3 Å². The number of urea groups is 1. The number of hydrogen-bond donors (Lipinski definition) is 1. The molecule has 0 radical (unpaired) electrons. The molecule has 4 amide bonds. The lowest BCUT2D eigenvalue weighted by Gasteiger charge is -2.26. The van der Waals surface area contributed by atoms with E-state index in [1.807, 2.05) is 22.6 Å². The lowest BCUT2D eigenvalue weighted by molar-refractivity contribution is -0.122. The number of carbonyl (C=O) groups is 3. The lowest BCUT2D eigenvalue weighted by atomic mass is 10.1. The van der Waals surface area contributed by atoms with Gasteiger partial charge in [0.15, 0.2) is 3.77 Å². The van der Waals surface area contributed by atoms with Crippen LogP contribution < -0.4 is 10.2 Å². The van der Waals surface area contributed by atoms with Gasteiger partial charge in [0.05, 0.1) is 20.2 Å². The van der Waals surface area contributed by atoms with Gasteiger partial charge < -0.3 is 4.42 Å². The third kappa shape index (κ3) is 3.62. The van der Waals surface area contributed by atoms with Gasteiger partial charge in [-0.1, -0.05) is 23.2 Å². The molecule has 128 valence electrons. The van der Waals surface area contributed by atoms with Crippen LogP contribution in [0.2, 0.25) is 10.0 Å². The quantitative estimate of drug-likeness (QED) is 0.333. The number of amides is 4. The van der Waals surface area contributed by atoms with Crippen molar-refractivity contribution in [2.45, 2.75) is 0 Å². The summed E-state index contributed by atoms with van der Waals surface area (Å²) in [5.74, 6) is -1.32. The molecule has 1 aliphatic rings. The Labute approximate surface area is 173 Å². The Kier molecular flexibility index (Phi) is 5.24. The molecule has 0 unspecified atom stereocenters. The number of rotatable bonds is 2. The maximum absolute atomic E-state index is 12.7. The van der Waals surface area contributed by atoms with Crippen LogP contribution in [0.5, 0.6) is 0 Å². The van der Waals surface area contributed by atoms with Gasteiger partial charge in [-0.3, -0.25) is 14.9 Å². The number of furan rings is 1. The van der Waals surface area contributed by atoms with Crippen molar-refractivity contribution in [1.29, 1.82) is 0 Å². The van der Waals surface area contributed by atoms with E-state index >= 15 is 0 Å². The van der Waals surface area contributed by atoms with Crippen molar-refractivity contribution in [3.05, 3.63) is 53.9 Å². The van der Waals surface area contributed by atoms with Gasteiger partial charge in [0.1, 0.15) is 11.3 Å². The zero-order chi connectivity index (χ0) is 18.3. The molecule has 1 aromatic heterocycles. The van der Waals surface area contributed by atoms with Gasteiger partial charge in [-0.25, -0.2) is 9.69 Å². The highest BCUT2D eigenvalue weighted by molar-refractivity contribution is 14.1. The normalized spacial score (nSPS) is 16.6. The molecule has 0 bridgehead atoms. The number of anilines is 1. The molecule has 1 aromatic carbocycles. The Morgan fingerprint density at radius 3 is 2.48 bits per heavy atom. The maximum atomic E-state index is 12.7. The van der Waals surface area contributed by atoms with Gasteiger partial charge >= 0.3 is 6.03 Å². The Hall–Kier alpha value is -1.36. The molecule has 1 N–H and O–H groups in total. The highest BCUT2D eigenvalue weighted by Gasteiger charge is 2.37. The van der Waals surface area contributed by atoms with E-state index < -0.39 is 17.8 Å². The second-order valence-corrected chi connectivity index (χ2v) is 7.48. The summed E-state index contributed by atoms with van der Waals surface area (Å²) in [7, 11) is 0. The number of halogens is 4. The molecule has 3 rings (SSSR count). The van der Waals surface area contributed by atoms with Crippen LogP contribution >= 0.6 is 61.7 Å². The Bertz CT molecular complexity index is 938. The predicted molar refractivity (Wildman–Crippen MR) is 105 cm³/mol. The number of imide groups is 2. The van der Waals surface area contributed by atoms with E-state index in [4.69, 9.17) is 27.6 Å². The van der Waals surface area contributed by atoms with Gasteiger partial charge in [0, 0.05) is 22.6 Å². The van der Waals surface area contributed by atoms with Crippen LogP contribution in [0.4, 0.5) is 10.5 Å². The third-order valence-electron chi connectivity index (χ3n) is 3.21. The Morgan fingerprint density at radius 1 is 1.16 bits per heavy atom. The van der Waals surface area contributed by atoms with Crippen molar-refractivity contribution in [1.82, 2.24) is 5.32 Å². The first kappa shape index (κ1) is 18.4. The molecule has 25 heavy (non-hydrogen) atoms. The van der Waals surface area contributed by atoms with Crippen LogP contribution in [0.15, 0.2) is 38.7 Å². The first-order valence-electron chi connectivity index (χ1n) is 6.59. The van der Waals surface area contributed by atoms with Gasteiger partial charge in [-0.2, -0.15) is 0 Å². The second kappa shape index (κ2) is 7.10. The molecule has 0 saturated carbocycles. The van der Waals surface area contributed by atoms with E-state index in [1.54, 1.807) is 6.07 Å². The number of barbiturate groups is 1. The molecular formula is C15H6BrCl2IN2O4. The Morgan fingerprint density at radius 2 is 1.88 bits per heavy atom. The average molecular weight is 556 g/mol. The second-order valence-electron chi connectivity index (χ2n) is 4.83. The summed E-state index contributed by atoms with van der Waals surface area (Å²) in [5, 5.41) is 2.56. The van der Waals surface area contributed by atoms with E-state index in [0.717, 1.165) is 4.90 Å². The summed E-state index contributed by atoms with van der Waals surface area (Å²) in [6.07, 6.45) is 1.27. The van der Waals surface area contributed by atoms with E-state index in [9.17, 15) is 14.4 Å². The molecule has 0 aliphatic carbocycles. The number of benzene rings is 1. The van der Waals surface area contributed by atoms with Crippen molar-refractivity contribution in [2.24, 2.45) is 0 Å². The van der Waals surface area contributed by atoms with Gasteiger partial charge in [-0.15, -0.1) is 0 Å². The zero-order valence-electron chi connectivity index (χ0n) is 12.0. The van der Waals surface area contributed by atoms with Crippen LogP contribution in [0, 0.1) is 3.77 Å². The van der Waals surface area contributed by atoms with Gasteiger partial charge in [0.25, 0.3) is 11.8 Å². The molecule has 6 nitrogen and oxygen atoms in total. The molecule has 0 atom stereocenters. The number of carbonyl (C=O) groups excluding carboxylic acids is 3. The number of hydrogen-bond acceptors (Lipinski definition) is 4. The smallest absolute Gasteiger partial charge is 0.335 e. The molecule has 0 spiro atoms. The van der Waals surface area contributed by atoms with E-state index in [2.05, 4.69) is 21.2 Å². The number of nitrogens with one attached hydrogen (secondary N) is 1. The summed E-state index contributed by atoms with van der Waals surface area (Å²) in [5.41, 5.74) is -0.0613. The molecule has 2 aromatic rings. The van der Waals surface area contributed by atoms with Crippen LogP contribution in [0.25, 0.3) is 6.08 Å². The van der Waals surface area contributed by atoms with Crippen LogP contribution in [-0.2, 0) is 9.59 Å². The van der Waals surface area contributed by atoms with E-state index in [-0.39, 0.29) is 21.3 Å². The molecular weight excluding hydrogens is 550 g/mol. The zero-order valence-corrected chi connectivity index (χ0v) is 17.2. The summed E-state index contributed by atoms with van der Waals surface area (Å²) in [4.78, 5) is 37.7. The van der Waals surface area contributed by atoms with E-state index in [0.29, 0.717) is 14.0 Å². The summed E-state index contributed by atoms with van der Waals surface area (Å²) >= 11 is 17.0. The van der Waals surface area contributed by atoms with Crippen molar-refractivity contribution in [3.63, 3.8) is 0 Å². The average Bonchev–Trinajstić information content (AvgIpc) is 2.85. The summed E-state index contributed by atoms with van der Waals surface area (Å²) in [6.45, 7) is 0. The molecule has 2 heterocycles. The maximum Gasteiger partial charge on any atom is 0.335 e. The molecule has 10 heteroatoms. The fourth-order valence-corrected chi connectivity index (χ4v) is 3.10. The van der Waals surface area contributed by atoms with Gasteiger partial charge in [0.2, 0.25) is 0 Å². The largest absolute Gasteiger partial charge is 0.450 e. The monoisotopic (exact) mass is 554 g/mol. The predicted octanol–water partition coefficient (Wildman–Crippen LogP) is 4.62. The van der Waals surface area contributed by atoms with Crippen molar-refractivity contribution in [3.8, 4) is 0 Å². The Balaban J connectivity index is 2.03. The van der Waals surface area contributed by atoms with Crippen LogP contribution in [0.1, 0.15) is 5.76 Å². The van der Waals surface area contributed by atoms with Crippen molar-refractivity contribution in [2.75, 3.05) is 4.90 Å². The minimum absolute atomic E-state index is 0.173. The summed E-state index contributed by atoms with van der Waals surface area (Å²) < 4.78 is 6.65. The summed E-state index contributed by atoms with van der Waals surface area (Å²) in [6, 6.07) is 4.99. The van der Waals surface area contributed by atoms with Crippen LogP contribution in [-0.4, -0.2) is 17.8 Å². The number of nitrogens with zero attached hydrogens (tertiary/aromatic N) is 1. The SMILES string of the molecule is O=C1NC(=O)N(c2ccc(Cl)c(Cl)c2)C(=O)/C1=C/c1cc(Br)c(I)o1.